The Hall–Kier alpha value is -3.31. The number of thiazole rings is 2. The minimum Gasteiger partial charge on any atom is -0.335 e. The number of hydrogen-bond donors (Lipinski definition) is 2. The van der Waals surface area contributed by atoms with Gasteiger partial charge in [0.2, 0.25) is 5.69 Å². The van der Waals surface area contributed by atoms with Gasteiger partial charge in [-0.1, -0.05) is 71.6 Å². The van der Waals surface area contributed by atoms with Crippen LogP contribution in [0.4, 0.5) is 0 Å². The summed E-state index contributed by atoms with van der Waals surface area (Å²) in [5.74, 6) is -0.718. The number of nitrogens with zero attached hydrogens (tertiary/aromatic N) is 3. The summed E-state index contributed by atoms with van der Waals surface area (Å²) in [4.78, 5) is 15.5. The topological polar surface area (TPSA) is 138 Å². The molecular formula is C32H34N3O7S5+. The van der Waals surface area contributed by atoms with E-state index in [0.717, 1.165) is 37.2 Å². The quantitative estimate of drug-likeness (QED) is 0.154. The van der Waals surface area contributed by atoms with Gasteiger partial charge in [0, 0.05) is 30.5 Å². The van der Waals surface area contributed by atoms with Crippen LogP contribution in [0.2, 0.25) is 0 Å². The number of thioether (sulfide) groups is 1. The highest BCUT2D eigenvalue weighted by Crippen LogP contribution is 2.39. The molecule has 0 spiro atoms. The Bertz CT molecular complexity index is 2190. The van der Waals surface area contributed by atoms with E-state index in [2.05, 4.69) is 0 Å². The molecule has 47 heavy (non-hydrogen) atoms. The number of allylic oxidation sites excluding steroid dienone is 1. The molecule has 10 nitrogen and oxygen atoms in total. The maximum absolute atomic E-state index is 13.5. The lowest BCUT2D eigenvalue weighted by Crippen LogP contribution is -2.38. The van der Waals surface area contributed by atoms with E-state index in [4.69, 9.17) is 0 Å². The summed E-state index contributed by atoms with van der Waals surface area (Å²) >= 11 is 4.31. The third-order valence-corrected chi connectivity index (χ3v) is 11.8. The van der Waals surface area contributed by atoms with Crippen LogP contribution in [0.25, 0.3) is 29.1 Å². The minimum atomic E-state index is -4.11. The Kier molecular flexibility index (Phi) is 11.4. The molecule has 1 aliphatic rings. The summed E-state index contributed by atoms with van der Waals surface area (Å²) in [6.07, 6.45) is 6.01. The first kappa shape index (κ1) is 35.0. The molecule has 0 unspecified atom stereocenters. The van der Waals surface area contributed by atoms with Gasteiger partial charge in [0.15, 0.2) is 6.54 Å². The fraction of sp³-hybridized carbons (Fsp3) is 0.250. The first-order valence-corrected chi connectivity index (χ1v) is 20.5. The summed E-state index contributed by atoms with van der Waals surface area (Å²) < 4.78 is 69.2. The Morgan fingerprint density at radius 3 is 2.15 bits per heavy atom. The molecule has 0 amide bonds. The zero-order valence-corrected chi connectivity index (χ0v) is 29.5. The normalized spacial score (nSPS) is 15.6. The molecule has 15 heteroatoms. The van der Waals surface area contributed by atoms with Crippen LogP contribution >= 0.6 is 34.4 Å². The maximum Gasteiger partial charge on any atom is 0.269 e. The van der Waals surface area contributed by atoms with Gasteiger partial charge in [-0.05, 0) is 43.2 Å². The van der Waals surface area contributed by atoms with Gasteiger partial charge in [0.1, 0.15) is 4.66 Å². The van der Waals surface area contributed by atoms with E-state index in [9.17, 15) is 30.7 Å². The van der Waals surface area contributed by atoms with Crippen molar-refractivity contribution in [1.82, 2.24) is 9.47 Å². The van der Waals surface area contributed by atoms with Crippen molar-refractivity contribution >= 4 is 72.5 Å². The first-order valence-electron chi connectivity index (χ1n) is 14.7. The van der Waals surface area contributed by atoms with Gasteiger partial charge in [-0.3, -0.25) is 18.5 Å². The summed E-state index contributed by atoms with van der Waals surface area (Å²) in [6.45, 7) is 3.06. The maximum atomic E-state index is 13.5. The van der Waals surface area contributed by atoms with Crippen molar-refractivity contribution in [2.24, 2.45) is 0 Å². The van der Waals surface area contributed by atoms with Crippen LogP contribution in [-0.2, 0) is 33.3 Å². The molecule has 3 heterocycles. The van der Waals surface area contributed by atoms with Crippen molar-refractivity contribution in [2.75, 3.05) is 18.1 Å². The molecule has 0 atom stereocenters. The highest BCUT2D eigenvalue weighted by molar-refractivity contribution is 8.06. The van der Waals surface area contributed by atoms with Crippen LogP contribution in [0.5, 0.6) is 0 Å². The van der Waals surface area contributed by atoms with E-state index in [0.29, 0.717) is 24.2 Å². The monoisotopic (exact) mass is 732 g/mol. The lowest BCUT2D eigenvalue weighted by Gasteiger charge is -2.23. The van der Waals surface area contributed by atoms with Gasteiger partial charge in [-0.25, -0.2) is 0 Å². The van der Waals surface area contributed by atoms with Gasteiger partial charge in [-0.2, -0.15) is 21.4 Å². The second-order valence-electron chi connectivity index (χ2n) is 10.6. The number of rotatable bonds is 13. The van der Waals surface area contributed by atoms with E-state index >= 15 is 0 Å². The van der Waals surface area contributed by atoms with Crippen molar-refractivity contribution in [2.45, 2.75) is 32.9 Å². The van der Waals surface area contributed by atoms with E-state index in [1.807, 2.05) is 100.0 Å². The lowest BCUT2D eigenvalue weighted by atomic mass is 10.1. The number of hydrogen-bond acceptors (Lipinski definition) is 9. The highest BCUT2D eigenvalue weighted by atomic mass is 32.2. The minimum absolute atomic E-state index is 0.143. The van der Waals surface area contributed by atoms with Crippen molar-refractivity contribution < 1.29 is 30.5 Å². The molecule has 4 aromatic rings. The van der Waals surface area contributed by atoms with E-state index in [1.165, 1.54) is 34.4 Å². The summed E-state index contributed by atoms with van der Waals surface area (Å²) in [5.41, 5.74) is 3.60. The van der Waals surface area contributed by atoms with Gasteiger partial charge < -0.3 is 4.90 Å². The molecule has 2 N–H and O–H groups in total. The molecular weight excluding hydrogens is 699 g/mol. The van der Waals surface area contributed by atoms with Crippen molar-refractivity contribution in [3.8, 4) is 11.3 Å². The molecule has 0 radical (unpaired) electrons. The van der Waals surface area contributed by atoms with Crippen molar-refractivity contribution in [1.29, 1.82) is 0 Å². The third kappa shape index (κ3) is 9.19. The Morgan fingerprint density at radius 1 is 0.872 bits per heavy atom. The van der Waals surface area contributed by atoms with E-state index in [-0.39, 0.29) is 29.9 Å². The van der Waals surface area contributed by atoms with Gasteiger partial charge >= 0.3 is 0 Å². The molecule has 0 aliphatic carbocycles. The van der Waals surface area contributed by atoms with E-state index < -0.39 is 20.2 Å². The van der Waals surface area contributed by atoms with Gasteiger partial charge in [0.05, 0.1) is 38.2 Å². The van der Waals surface area contributed by atoms with Crippen LogP contribution in [-0.4, -0.2) is 53.5 Å². The van der Waals surface area contributed by atoms with Gasteiger partial charge in [-0.15, -0.1) is 11.3 Å². The molecule has 0 fully saturated rings. The predicted octanol–water partition coefficient (Wildman–Crippen LogP) is 4.00. The SMILES string of the molecule is CCn1c(=O)/c(=C\C=C2/SC=C(c3ccccc3)N2CCCS(=O)(=O)O)s/c1=C\c1scc(-c2ccccc2)[n+]1CCCS(=O)(=O)O. The summed E-state index contributed by atoms with van der Waals surface area (Å²) in [6, 6.07) is 19.5. The second-order valence-corrected chi connectivity index (χ2v) is 16.6. The summed E-state index contributed by atoms with van der Waals surface area (Å²) in [7, 11) is -8.21. The third-order valence-electron chi connectivity index (χ3n) is 7.28. The van der Waals surface area contributed by atoms with Gasteiger partial charge in [0.25, 0.3) is 30.8 Å². The molecule has 2 aromatic carbocycles. The lowest BCUT2D eigenvalue weighted by molar-refractivity contribution is -0.683. The summed E-state index contributed by atoms with van der Waals surface area (Å²) in [5, 5.41) is 5.64. The molecule has 0 bridgehead atoms. The largest absolute Gasteiger partial charge is 0.335 e. The molecule has 0 saturated carbocycles. The molecule has 5 rings (SSSR count). The highest BCUT2D eigenvalue weighted by Gasteiger charge is 2.24. The van der Waals surface area contributed by atoms with Crippen LogP contribution in [0.3, 0.4) is 0 Å². The fourth-order valence-electron chi connectivity index (χ4n) is 5.11. The molecule has 248 valence electrons. The van der Waals surface area contributed by atoms with Crippen LogP contribution in [0, 0.1) is 0 Å². The standard InChI is InChI=1S/C32H33N3O7S5/c1-2-33-31(21-30-35(18-10-20-47(40,41)42)27(23-44-30)25-13-7-4-8-14-25)45-28(32(33)36)15-16-29-34(17-9-19-46(37,38)39)26(22-43-29)24-11-5-3-6-12-24/h3-8,11-16,21-23H,2,9-10,17-20H2,1H3,(H-,37,38,39,40,41,42)/p+1/b28-15+,29-16-. The van der Waals surface area contributed by atoms with Crippen LogP contribution in [0.15, 0.2) is 87.4 Å². The average molecular weight is 733 g/mol. The fourth-order valence-corrected chi connectivity index (χ4v) is 9.18. The molecule has 0 saturated heterocycles. The Labute approximate surface area is 285 Å². The van der Waals surface area contributed by atoms with E-state index in [1.54, 1.807) is 10.6 Å². The van der Waals surface area contributed by atoms with Crippen LogP contribution < -0.4 is 19.3 Å². The number of aromatic nitrogens is 2. The smallest absolute Gasteiger partial charge is 0.269 e. The average Bonchev–Trinajstić information content (AvgIpc) is 3.71. The number of benzene rings is 2. The Balaban J connectivity index is 1.52. The Morgan fingerprint density at radius 2 is 1.51 bits per heavy atom. The first-order chi connectivity index (χ1) is 22.4. The van der Waals surface area contributed by atoms with Crippen LogP contribution in [0.1, 0.15) is 30.3 Å². The molecule has 2 aromatic heterocycles. The predicted molar refractivity (Wildman–Crippen MR) is 190 cm³/mol. The zero-order chi connectivity index (χ0) is 33.6. The zero-order valence-electron chi connectivity index (χ0n) is 25.4. The van der Waals surface area contributed by atoms with Crippen molar-refractivity contribution in [3.63, 3.8) is 0 Å². The second kappa shape index (κ2) is 15.3. The molecule has 1 aliphatic heterocycles. The van der Waals surface area contributed by atoms with Crippen molar-refractivity contribution in [3.05, 3.63) is 113 Å².